The van der Waals surface area contributed by atoms with Crippen molar-refractivity contribution in [2.24, 2.45) is 0 Å². The maximum atomic E-state index is 10.7. The average Bonchev–Trinajstić information content (AvgIpc) is 2.39. The Hall–Kier alpha value is -1.90. The Morgan fingerprint density at radius 3 is 1.56 bits per heavy atom. The summed E-state index contributed by atoms with van der Waals surface area (Å²) in [5.41, 5.74) is 1.53. The summed E-state index contributed by atoms with van der Waals surface area (Å²) in [5.74, 6) is 0.311. The van der Waals surface area contributed by atoms with Gasteiger partial charge in [0.2, 0.25) is 0 Å². The zero-order chi connectivity index (χ0) is 13.0. The van der Waals surface area contributed by atoms with Crippen molar-refractivity contribution in [3.63, 3.8) is 0 Å². The summed E-state index contributed by atoms with van der Waals surface area (Å²) in [6.07, 6.45) is -0.509. The highest BCUT2D eigenvalue weighted by molar-refractivity contribution is 7.17. The summed E-state index contributed by atoms with van der Waals surface area (Å²) in [6, 6.07) is 12.9. The second kappa shape index (κ2) is 5.63. The lowest BCUT2D eigenvalue weighted by molar-refractivity contribution is 0.272. The second-order valence-corrected chi connectivity index (χ2v) is 4.10. The van der Waals surface area contributed by atoms with E-state index in [4.69, 9.17) is 4.52 Å². The summed E-state index contributed by atoms with van der Waals surface area (Å²) in [4.78, 5) is 0. The molecular weight excluding hydrogens is 251 g/mol. The van der Waals surface area contributed by atoms with Gasteiger partial charge in [-0.1, -0.05) is 24.3 Å². The Balaban J connectivity index is 2.35. The normalized spacial score (nSPS) is 10.9. The number of rotatable bonds is 4. The molecule has 4 nitrogen and oxygen atoms in total. The molecule has 0 aliphatic rings. The molecule has 0 aliphatic carbocycles. The van der Waals surface area contributed by atoms with Crippen LogP contribution in [0.25, 0.3) is 0 Å². The highest BCUT2D eigenvalue weighted by Crippen LogP contribution is 2.31. The van der Waals surface area contributed by atoms with Crippen molar-refractivity contribution in [2.45, 2.75) is 6.10 Å². The van der Waals surface area contributed by atoms with E-state index in [0.717, 1.165) is 11.1 Å². The molecule has 2 rings (SSSR count). The van der Waals surface area contributed by atoms with Gasteiger partial charge in [-0.25, -0.2) is 4.57 Å². The molecule has 0 saturated heterocycles. The molecule has 0 atom stereocenters. The predicted molar refractivity (Wildman–Crippen MR) is 66.7 cm³/mol. The van der Waals surface area contributed by atoms with Gasteiger partial charge in [-0.3, -0.25) is 4.52 Å². The van der Waals surface area contributed by atoms with Gasteiger partial charge >= 0.3 is 8.69 Å². The van der Waals surface area contributed by atoms with E-state index >= 15 is 0 Å². The Morgan fingerprint density at radius 1 is 0.833 bits per heavy atom. The maximum absolute atomic E-state index is 10.7. The number of benzene rings is 2. The highest BCUT2D eigenvalue weighted by atomic mass is 31.1. The van der Waals surface area contributed by atoms with Crippen LogP contribution in [-0.4, -0.2) is 10.2 Å². The van der Waals surface area contributed by atoms with Crippen molar-refractivity contribution in [3.8, 4) is 11.5 Å². The third kappa shape index (κ3) is 2.86. The van der Waals surface area contributed by atoms with Crippen LogP contribution >= 0.6 is 8.69 Å². The van der Waals surface area contributed by atoms with Crippen LogP contribution in [0.3, 0.4) is 0 Å². The summed E-state index contributed by atoms with van der Waals surface area (Å²) in [6.45, 7) is 0. The lowest BCUT2D eigenvalue weighted by Crippen LogP contribution is -2.00. The molecule has 0 aromatic heterocycles. The van der Waals surface area contributed by atoms with E-state index < -0.39 is 14.8 Å². The molecule has 5 heteroatoms. The fraction of sp³-hybridized carbons (Fsp3) is 0.0769. The molecule has 92 valence electrons. The molecule has 0 bridgehead atoms. The standard InChI is InChI=1S/C13H11O4P/c14-11-5-1-9(2-6-11)13(17-18-16)10-3-7-12(15)8-4-10/h1-8,13-15H. The molecule has 2 N–H and O–H groups in total. The van der Waals surface area contributed by atoms with Crippen LogP contribution in [0.1, 0.15) is 17.2 Å². The van der Waals surface area contributed by atoms with Crippen LogP contribution in [0.2, 0.25) is 0 Å². The Labute approximate surface area is 106 Å². The van der Waals surface area contributed by atoms with E-state index in [9.17, 15) is 14.8 Å². The van der Waals surface area contributed by atoms with Gasteiger partial charge in [-0.05, 0) is 35.4 Å². The minimum absolute atomic E-state index is 0.155. The van der Waals surface area contributed by atoms with Crippen LogP contribution in [-0.2, 0) is 9.09 Å². The van der Waals surface area contributed by atoms with Crippen molar-refractivity contribution in [2.75, 3.05) is 0 Å². The zero-order valence-corrected chi connectivity index (χ0v) is 10.2. The summed E-state index contributed by atoms with van der Waals surface area (Å²) in [5, 5.41) is 18.5. The van der Waals surface area contributed by atoms with Gasteiger partial charge in [0, 0.05) is 0 Å². The molecule has 0 heterocycles. The van der Waals surface area contributed by atoms with E-state index in [-0.39, 0.29) is 11.5 Å². The minimum Gasteiger partial charge on any atom is -0.508 e. The first kappa shape index (κ1) is 12.6. The van der Waals surface area contributed by atoms with E-state index in [0.29, 0.717) is 0 Å². The molecule has 0 spiro atoms. The number of hydrogen-bond donors (Lipinski definition) is 2. The molecule has 0 fully saturated rings. The highest BCUT2D eigenvalue weighted by Gasteiger charge is 2.15. The third-order valence-corrected chi connectivity index (χ3v) is 2.84. The van der Waals surface area contributed by atoms with Gasteiger partial charge in [0.1, 0.15) is 17.6 Å². The van der Waals surface area contributed by atoms with E-state index in [1.54, 1.807) is 24.3 Å². The Morgan fingerprint density at radius 2 is 1.22 bits per heavy atom. The Kier molecular flexibility index (Phi) is 3.92. The fourth-order valence-corrected chi connectivity index (χ4v) is 1.98. The first-order valence-corrected chi connectivity index (χ1v) is 6.00. The van der Waals surface area contributed by atoms with Crippen LogP contribution < -0.4 is 0 Å². The van der Waals surface area contributed by atoms with Gasteiger partial charge in [-0.2, -0.15) is 0 Å². The van der Waals surface area contributed by atoms with Crippen molar-refractivity contribution >= 4 is 8.69 Å². The summed E-state index contributed by atoms with van der Waals surface area (Å²) >= 11 is 0. The van der Waals surface area contributed by atoms with Gasteiger partial charge in [0.15, 0.2) is 0 Å². The van der Waals surface area contributed by atoms with E-state index in [1.807, 2.05) is 0 Å². The van der Waals surface area contributed by atoms with Crippen molar-refractivity contribution in [1.82, 2.24) is 0 Å². The van der Waals surface area contributed by atoms with Gasteiger partial charge in [0.25, 0.3) is 0 Å². The molecule has 0 amide bonds. The van der Waals surface area contributed by atoms with Crippen LogP contribution in [0.15, 0.2) is 48.5 Å². The topological polar surface area (TPSA) is 66.8 Å². The first-order valence-electron chi connectivity index (χ1n) is 5.27. The van der Waals surface area contributed by atoms with Gasteiger partial charge < -0.3 is 10.2 Å². The third-order valence-electron chi connectivity index (χ3n) is 2.54. The SMILES string of the molecule is O=POC(c1ccc(O)cc1)c1ccc(O)cc1. The monoisotopic (exact) mass is 262 g/mol. The van der Waals surface area contributed by atoms with Gasteiger partial charge in [-0.15, -0.1) is 0 Å². The molecule has 0 aliphatic heterocycles. The van der Waals surface area contributed by atoms with Crippen molar-refractivity contribution in [1.29, 1.82) is 0 Å². The smallest absolute Gasteiger partial charge is 0.328 e. The lowest BCUT2D eigenvalue weighted by atomic mass is 10.0. The molecular formula is C13H11O4P. The van der Waals surface area contributed by atoms with E-state index in [1.165, 1.54) is 24.3 Å². The minimum atomic E-state index is -0.509. The maximum Gasteiger partial charge on any atom is 0.328 e. The van der Waals surface area contributed by atoms with Crippen molar-refractivity contribution in [3.05, 3.63) is 59.7 Å². The molecule has 18 heavy (non-hydrogen) atoms. The number of phenolic OH excluding ortho intramolecular Hbond substituents is 2. The molecule has 0 unspecified atom stereocenters. The zero-order valence-electron chi connectivity index (χ0n) is 9.35. The molecule has 2 aromatic rings. The lowest BCUT2D eigenvalue weighted by Gasteiger charge is -2.14. The first-order chi connectivity index (χ1) is 8.70. The molecule has 0 radical (unpaired) electrons. The average molecular weight is 262 g/mol. The van der Waals surface area contributed by atoms with Crippen molar-refractivity contribution < 1.29 is 19.3 Å². The number of phenols is 2. The van der Waals surface area contributed by atoms with E-state index in [2.05, 4.69) is 0 Å². The van der Waals surface area contributed by atoms with Crippen LogP contribution in [0.4, 0.5) is 0 Å². The number of hydrogen-bond acceptors (Lipinski definition) is 4. The Bertz CT molecular complexity index is 476. The largest absolute Gasteiger partial charge is 0.508 e. The molecule has 0 saturated carbocycles. The number of aromatic hydroxyl groups is 2. The molecule has 2 aromatic carbocycles. The predicted octanol–water partition coefficient (Wildman–Crippen LogP) is 3.41. The fourth-order valence-electron chi connectivity index (χ4n) is 1.66. The quantitative estimate of drug-likeness (QED) is 0.828. The second-order valence-electron chi connectivity index (χ2n) is 3.74. The summed E-state index contributed by atoms with van der Waals surface area (Å²) < 4.78 is 15.8. The van der Waals surface area contributed by atoms with Crippen LogP contribution in [0, 0.1) is 0 Å². The summed E-state index contributed by atoms with van der Waals surface area (Å²) in [7, 11) is -0.429. The van der Waals surface area contributed by atoms with Gasteiger partial charge in [0.05, 0.1) is 0 Å². The van der Waals surface area contributed by atoms with Crippen LogP contribution in [0.5, 0.6) is 11.5 Å².